The molecule has 4 nitrogen and oxygen atoms in total. The minimum absolute atomic E-state index is 0.0348. The van der Waals surface area contributed by atoms with Crippen molar-refractivity contribution in [3.8, 4) is 0 Å². The molecule has 0 spiro atoms. The van der Waals surface area contributed by atoms with E-state index in [0.29, 0.717) is 5.69 Å². The number of carbonyl (C=O) groups excluding carboxylic acids is 1. The molecule has 1 atom stereocenters. The van der Waals surface area contributed by atoms with Gasteiger partial charge in [-0.3, -0.25) is 4.79 Å². The molecule has 0 N–H and O–H groups in total. The first-order chi connectivity index (χ1) is 8.81. The lowest BCUT2D eigenvalue weighted by atomic mass is 9.97. The summed E-state index contributed by atoms with van der Waals surface area (Å²) in [5.74, 6) is -0.0348. The lowest BCUT2D eigenvalue weighted by Gasteiger charge is -2.34. The van der Waals surface area contributed by atoms with Crippen LogP contribution in [0.1, 0.15) is 40.3 Å². The first-order valence-electron chi connectivity index (χ1n) is 6.09. The Hall–Kier alpha value is -1.62. The van der Waals surface area contributed by atoms with Crippen LogP contribution in [-0.2, 0) is 6.42 Å². The molecule has 1 amide bonds. The maximum Gasteiger partial charge on any atom is 0.276 e. The summed E-state index contributed by atoms with van der Waals surface area (Å²) in [4.78, 5) is 15.7. The zero-order valence-electron chi connectivity index (χ0n) is 10.1. The molecule has 2 aromatic heterocycles. The van der Waals surface area contributed by atoms with Crippen LogP contribution in [0, 0.1) is 0 Å². The largest absolute Gasteiger partial charge is 0.364 e. The summed E-state index contributed by atoms with van der Waals surface area (Å²) in [6.07, 6.45) is 3.30. The molecular formula is C13H14N2O2S. The Kier molecular flexibility index (Phi) is 2.91. The smallest absolute Gasteiger partial charge is 0.276 e. The average Bonchev–Trinajstić information content (AvgIpc) is 3.06. The van der Waals surface area contributed by atoms with Crippen LogP contribution in [0.2, 0.25) is 0 Å². The first-order valence-corrected chi connectivity index (χ1v) is 6.97. The van der Waals surface area contributed by atoms with Gasteiger partial charge in [-0.05, 0) is 29.9 Å². The zero-order chi connectivity index (χ0) is 12.5. The van der Waals surface area contributed by atoms with Crippen LogP contribution in [-0.4, -0.2) is 22.5 Å². The number of hydrogen-bond acceptors (Lipinski definition) is 4. The molecule has 0 unspecified atom stereocenters. The molecular weight excluding hydrogens is 248 g/mol. The average molecular weight is 262 g/mol. The van der Waals surface area contributed by atoms with E-state index in [1.165, 1.54) is 16.7 Å². The topological polar surface area (TPSA) is 46.3 Å². The third kappa shape index (κ3) is 1.75. The number of hydrogen-bond donors (Lipinski definition) is 0. The normalized spacial score (nSPS) is 18.7. The molecule has 1 aliphatic heterocycles. The Morgan fingerprint density at radius 2 is 2.50 bits per heavy atom. The molecule has 0 aromatic carbocycles. The van der Waals surface area contributed by atoms with Gasteiger partial charge in [0.2, 0.25) is 0 Å². The van der Waals surface area contributed by atoms with Crippen LogP contribution in [0.5, 0.6) is 0 Å². The Labute approximate surface area is 109 Å². The maximum atomic E-state index is 12.4. The molecule has 0 fully saturated rings. The summed E-state index contributed by atoms with van der Waals surface area (Å²) >= 11 is 1.78. The van der Waals surface area contributed by atoms with E-state index in [4.69, 9.17) is 4.52 Å². The number of fused-ring (bicyclic) bond motifs is 1. The number of rotatable bonds is 2. The predicted octanol–water partition coefficient (Wildman–Crippen LogP) is 2.89. The van der Waals surface area contributed by atoms with Crippen molar-refractivity contribution in [1.29, 1.82) is 0 Å². The molecule has 0 bridgehead atoms. The highest BCUT2D eigenvalue weighted by Crippen LogP contribution is 2.35. The van der Waals surface area contributed by atoms with Gasteiger partial charge in [-0.25, -0.2) is 0 Å². The van der Waals surface area contributed by atoms with Gasteiger partial charge in [-0.2, -0.15) is 0 Å². The van der Waals surface area contributed by atoms with E-state index in [2.05, 4.69) is 23.5 Å². The molecule has 0 radical (unpaired) electrons. The SMILES string of the molecule is CC[C@H]1c2ccsc2CCN1C(=O)c1ccon1. The molecule has 1 aliphatic rings. The summed E-state index contributed by atoms with van der Waals surface area (Å²) in [5.41, 5.74) is 1.69. The molecule has 94 valence electrons. The molecule has 3 rings (SSSR count). The van der Waals surface area contributed by atoms with E-state index in [1.807, 2.05) is 4.90 Å². The highest BCUT2D eigenvalue weighted by molar-refractivity contribution is 7.10. The van der Waals surface area contributed by atoms with E-state index < -0.39 is 0 Å². The summed E-state index contributed by atoms with van der Waals surface area (Å²) in [6.45, 7) is 2.87. The number of carbonyl (C=O) groups is 1. The zero-order valence-corrected chi connectivity index (χ0v) is 10.9. The Morgan fingerprint density at radius 1 is 1.61 bits per heavy atom. The second-order valence-electron chi connectivity index (χ2n) is 4.36. The van der Waals surface area contributed by atoms with Gasteiger partial charge in [0.05, 0.1) is 6.04 Å². The second kappa shape index (κ2) is 4.57. The number of aromatic nitrogens is 1. The van der Waals surface area contributed by atoms with Gasteiger partial charge in [0.1, 0.15) is 6.26 Å². The number of amides is 1. The van der Waals surface area contributed by atoms with Crippen molar-refractivity contribution in [3.63, 3.8) is 0 Å². The summed E-state index contributed by atoms with van der Waals surface area (Å²) in [7, 11) is 0. The third-order valence-corrected chi connectivity index (χ3v) is 4.40. The van der Waals surface area contributed by atoms with Crippen LogP contribution in [0.25, 0.3) is 0 Å². The van der Waals surface area contributed by atoms with Gasteiger partial charge in [-0.1, -0.05) is 12.1 Å². The van der Waals surface area contributed by atoms with Crippen LogP contribution in [0.4, 0.5) is 0 Å². The van der Waals surface area contributed by atoms with Crippen molar-refractivity contribution in [3.05, 3.63) is 39.9 Å². The van der Waals surface area contributed by atoms with Gasteiger partial charge in [0.25, 0.3) is 5.91 Å². The molecule has 5 heteroatoms. The molecule has 0 saturated heterocycles. The third-order valence-electron chi connectivity index (χ3n) is 3.40. The van der Waals surface area contributed by atoms with Crippen molar-refractivity contribution < 1.29 is 9.32 Å². The molecule has 3 heterocycles. The first kappa shape index (κ1) is 11.5. The molecule has 18 heavy (non-hydrogen) atoms. The summed E-state index contributed by atoms with van der Waals surface area (Å²) in [5, 5.41) is 5.85. The monoisotopic (exact) mass is 262 g/mol. The van der Waals surface area contributed by atoms with Crippen LogP contribution >= 0.6 is 11.3 Å². The second-order valence-corrected chi connectivity index (χ2v) is 5.36. The van der Waals surface area contributed by atoms with E-state index in [-0.39, 0.29) is 11.9 Å². The van der Waals surface area contributed by atoms with Gasteiger partial charge >= 0.3 is 0 Å². The molecule has 0 saturated carbocycles. The van der Waals surface area contributed by atoms with Gasteiger partial charge < -0.3 is 9.42 Å². The minimum Gasteiger partial charge on any atom is -0.364 e. The highest BCUT2D eigenvalue weighted by atomic mass is 32.1. The summed E-state index contributed by atoms with van der Waals surface area (Å²) in [6, 6.07) is 3.93. The lowest BCUT2D eigenvalue weighted by molar-refractivity contribution is 0.0647. The summed E-state index contributed by atoms with van der Waals surface area (Å²) < 4.78 is 4.75. The molecule has 2 aromatic rings. The van der Waals surface area contributed by atoms with Crippen LogP contribution in [0.3, 0.4) is 0 Å². The Bertz CT molecular complexity index is 547. The van der Waals surface area contributed by atoms with Crippen molar-refractivity contribution >= 4 is 17.2 Å². The van der Waals surface area contributed by atoms with E-state index in [1.54, 1.807) is 17.4 Å². The fourth-order valence-electron chi connectivity index (χ4n) is 2.55. The van der Waals surface area contributed by atoms with E-state index in [0.717, 1.165) is 19.4 Å². The standard InChI is InChI=1S/C13H14N2O2S/c1-2-11-9-5-8-18-12(9)3-6-15(11)13(16)10-4-7-17-14-10/h4-5,7-8,11H,2-3,6H2,1H3/t11-/m0/s1. The highest BCUT2D eigenvalue weighted by Gasteiger charge is 2.31. The van der Waals surface area contributed by atoms with Gasteiger partial charge in [0.15, 0.2) is 5.69 Å². The molecule has 0 aliphatic carbocycles. The van der Waals surface area contributed by atoms with Crippen LogP contribution < -0.4 is 0 Å². The van der Waals surface area contributed by atoms with E-state index >= 15 is 0 Å². The Balaban J connectivity index is 1.92. The van der Waals surface area contributed by atoms with Gasteiger partial charge in [-0.15, -0.1) is 11.3 Å². The maximum absolute atomic E-state index is 12.4. The van der Waals surface area contributed by atoms with Crippen LogP contribution in [0.15, 0.2) is 28.3 Å². The lowest BCUT2D eigenvalue weighted by Crippen LogP contribution is -2.39. The van der Waals surface area contributed by atoms with Crippen molar-refractivity contribution in [2.24, 2.45) is 0 Å². The predicted molar refractivity (Wildman–Crippen MR) is 68.6 cm³/mol. The van der Waals surface area contributed by atoms with Crippen molar-refractivity contribution in [1.82, 2.24) is 10.1 Å². The Morgan fingerprint density at radius 3 is 3.22 bits per heavy atom. The van der Waals surface area contributed by atoms with Gasteiger partial charge in [0, 0.05) is 17.5 Å². The number of thiophene rings is 1. The number of nitrogens with zero attached hydrogens (tertiary/aromatic N) is 2. The quantitative estimate of drug-likeness (QED) is 0.836. The minimum atomic E-state index is -0.0348. The van der Waals surface area contributed by atoms with E-state index in [9.17, 15) is 4.79 Å². The fraction of sp³-hybridized carbons (Fsp3) is 0.385. The van der Waals surface area contributed by atoms with Crippen molar-refractivity contribution in [2.75, 3.05) is 6.54 Å². The fourth-order valence-corrected chi connectivity index (χ4v) is 3.48. The van der Waals surface area contributed by atoms with Crippen molar-refractivity contribution in [2.45, 2.75) is 25.8 Å².